The maximum Gasteiger partial charge on any atom is 0.394 e. The highest BCUT2D eigenvalue weighted by Gasteiger charge is 2.29. The molecule has 1 amide bonds. The van der Waals surface area contributed by atoms with Crippen LogP contribution in [0.25, 0.3) is 0 Å². The number of hydrogen-bond donors (Lipinski definition) is 2. The maximum atomic E-state index is 12.9. The summed E-state index contributed by atoms with van der Waals surface area (Å²) in [5.74, 6) is 0.839. The van der Waals surface area contributed by atoms with Crippen LogP contribution in [0.4, 0.5) is 14.5 Å². The number of aromatic nitrogens is 2. The minimum absolute atomic E-state index is 0.222. The molecule has 0 spiro atoms. The summed E-state index contributed by atoms with van der Waals surface area (Å²) in [7, 11) is 0. The number of hydroxylamine groups is 1. The van der Waals surface area contributed by atoms with Crippen molar-refractivity contribution in [2.24, 2.45) is 5.92 Å². The van der Waals surface area contributed by atoms with Gasteiger partial charge in [-0.25, -0.2) is 15.4 Å². The Morgan fingerprint density at radius 2 is 2.03 bits per heavy atom. The first-order valence-corrected chi connectivity index (χ1v) is 9.79. The van der Waals surface area contributed by atoms with Crippen LogP contribution in [0.2, 0.25) is 0 Å². The second kappa shape index (κ2) is 10.3. The lowest BCUT2D eigenvalue weighted by molar-refractivity contribution is -0.158. The van der Waals surface area contributed by atoms with Gasteiger partial charge in [-0.2, -0.15) is 8.78 Å². The molecule has 2 unspecified atom stereocenters. The summed E-state index contributed by atoms with van der Waals surface area (Å²) in [6, 6.07) is 7.50. The fraction of sp³-hybridized carbons (Fsp3) is 0.476. The zero-order valence-electron chi connectivity index (χ0n) is 17.6. The first-order chi connectivity index (χ1) is 14.1. The van der Waals surface area contributed by atoms with E-state index in [9.17, 15) is 13.6 Å². The molecule has 2 atom stereocenters. The van der Waals surface area contributed by atoms with Crippen molar-refractivity contribution < 1.29 is 23.5 Å². The third kappa shape index (κ3) is 6.91. The average molecular weight is 422 g/mol. The average Bonchev–Trinajstić information content (AvgIpc) is 3.08. The van der Waals surface area contributed by atoms with Gasteiger partial charge in [-0.15, -0.1) is 0 Å². The van der Waals surface area contributed by atoms with E-state index in [-0.39, 0.29) is 11.3 Å². The number of rotatable bonds is 5. The summed E-state index contributed by atoms with van der Waals surface area (Å²) in [5, 5.41) is 8.20. The first kappa shape index (κ1) is 23.5. The Hall–Kier alpha value is -2.81. The molecule has 30 heavy (non-hydrogen) atoms. The summed E-state index contributed by atoms with van der Waals surface area (Å²) >= 11 is 0. The number of alkyl halides is 2. The van der Waals surface area contributed by atoms with Crippen LogP contribution in [0.15, 0.2) is 36.7 Å². The van der Waals surface area contributed by atoms with E-state index in [4.69, 9.17) is 5.21 Å². The SMILES string of the molecule is CCC1CC(C)CN1c1cccc(OC(C)(F)F)c1.Cc1ncc(C(=O)NO)cn1. The van der Waals surface area contributed by atoms with E-state index in [1.807, 2.05) is 6.07 Å². The Bertz CT molecular complexity index is 828. The Kier molecular flexibility index (Phi) is 8.05. The predicted molar refractivity (Wildman–Crippen MR) is 109 cm³/mol. The summed E-state index contributed by atoms with van der Waals surface area (Å²) in [5.41, 5.74) is 2.69. The van der Waals surface area contributed by atoms with Crippen LogP contribution in [0.5, 0.6) is 5.75 Å². The van der Waals surface area contributed by atoms with E-state index in [2.05, 4.69) is 33.5 Å². The zero-order chi connectivity index (χ0) is 22.3. The lowest BCUT2D eigenvalue weighted by Crippen LogP contribution is -2.28. The molecule has 0 aliphatic carbocycles. The van der Waals surface area contributed by atoms with Crippen molar-refractivity contribution in [3.63, 3.8) is 0 Å². The van der Waals surface area contributed by atoms with Crippen LogP contribution >= 0.6 is 0 Å². The van der Waals surface area contributed by atoms with Crippen molar-refractivity contribution in [3.8, 4) is 5.75 Å². The van der Waals surface area contributed by atoms with Crippen LogP contribution in [0, 0.1) is 12.8 Å². The van der Waals surface area contributed by atoms with Crippen molar-refractivity contribution in [1.82, 2.24) is 15.4 Å². The highest BCUT2D eigenvalue weighted by Crippen LogP contribution is 2.33. The molecule has 1 fully saturated rings. The predicted octanol–water partition coefficient (Wildman–Crippen LogP) is 4.21. The molecule has 2 N–H and O–H groups in total. The Morgan fingerprint density at radius 1 is 1.37 bits per heavy atom. The molecule has 2 heterocycles. The summed E-state index contributed by atoms with van der Waals surface area (Å²) in [4.78, 5) is 20.5. The highest BCUT2D eigenvalue weighted by atomic mass is 19.3. The molecule has 1 aliphatic rings. The molecule has 0 radical (unpaired) electrons. The lowest BCUT2D eigenvalue weighted by atomic mass is 10.1. The topological polar surface area (TPSA) is 87.6 Å². The molecule has 7 nitrogen and oxygen atoms in total. The molecule has 0 bridgehead atoms. The van der Waals surface area contributed by atoms with Crippen molar-refractivity contribution in [2.75, 3.05) is 11.4 Å². The molecule has 9 heteroatoms. The Morgan fingerprint density at radius 3 is 2.60 bits per heavy atom. The number of benzene rings is 1. The van der Waals surface area contributed by atoms with Gasteiger partial charge < -0.3 is 9.64 Å². The van der Waals surface area contributed by atoms with E-state index in [1.54, 1.807) is 25.1 Å². The minimum Gasteiger partial charge on any atom is -0.433 e. The molecule has 2 aromatic rings. The second-order valence-electron chi connectivity index (χ2n) is 7.42. The van der Waals surface area contributed by atoms with E-state index in [0.29, 0.717) is 17.8 Å². The summed E-state index contributed by atoms with van der Waals surface area (Å²) in [6.07, 6.45) is 1.77. The fourth-order valence-corrected chi connectivity index (χ4v) is 3.36. The molecular formula is C21H28F2N4O3. The van der Waals surface area contributed by atoms with Gasteiger partial charge in [-0.3, -0.25) is 10.0 Å². The number of nitrogens with one attached hydrogen (secondary N) is 1. The molecule has 1 aliphatic heterocycles. The number of aryl methyl sites for hydroxylation is 1. The van der Waals surface area contributed by atoms with Crippen LogP contribution in [-0.4, -0.2) is 39.8 Å². The van der Waals surface area contributed by atoms with Gasteiger partial charge in [0.1, 0.15) is 11.6 Å². The van der Waals surface area contributed by atoms with Crippen molar-refractivity contribution >= 4 is 11.6 Å². The lowest BCUT2D eigenvalue weighted by Gasteiger charge is -2.26. The molecule has 3 rings (SSSR count). The minimum atomic E-state index is -3.14. The van der Waals surface area contributed by atoms with Crippen LogP contribution < -0.4 is 15.1 Å². The molecule has 1 saturated heterocycles. The van der Waals surface area contributed by atoms with Gasteiger partial charge in [0.2, 0.25) is 0 Å². The maximum absolute atomic E-state index is 12.9. The fourth-order valence-electron chi connectivity index (χ4n) is 3.36. The third-order valence-corrected chi connectivity index (χ3v) is 4.69. The van der Waals surface area contributed by atoms with Crippen LogP contribution in [0.1, 0.15) is 49.8 Å². The largest absolute Gasteiger partial charge is 0.433 e. The number of nitrogens with zero attached hydrogens (tertiary/aromatic N) is 3. The van der Waals surface area contributed by atoms with Gasteiger partial charge in [0.25, 0.3) is 5.91 Å². The second-order valence-corrected chi connectivity index (χ2v) is 7.42. The molecule has 164 valence electrons. The third-order valence-electron chi connectivity index (χ3n) is 4.69. The number of anilines is 1. The number of carbonyl (C=O) groups is 1. The number of ether oxygens (including phenoxy) is 1. The van der Waals surface area contributed by atoms with E-state index < -0.39 is 12.0 Å². The molecule has 1 aromatic heterocycles. The van der Waals surface area contributed by atoms with Crippen molar-refractivity contribution in [2.45, 2.75) is 52.7 Å². The van der Waals surface area contributed by atoms with Gasteiger partial charge in [0, 0.05) is 43.7 Å². The van der Waals surface area contributed by atoms with Crippen molar-refractivity contribution in [3.05, 3.63) is 48.0 Å². The van der Waals surface area contributed by atoms with Crippen LogP contribution in [-0.2, 0) is 0 Å². The van der Waals surface area contributed by atoms with Crippen LogP contribution in [0.3, 0.4) is 0 Å². The normalized spacial score (nSPS) is 18.4. The van der Waals surface area contributed by atoms with E-state index >= 15 is 0 Å². The number of amides is 1. The molecule has 0 saturated carbocycles. The molecular weight excluding hydrogens is 394 g/mol. The first-order valence-electron chi connectivity index (χ1n) is 9.79. The Balaban J connectivity index is 0.000000248. The number of hydrogen-bond acceptors (Lipinski definition) is 6. The number of carbonyl (C=O) groups excluding carboxylic acids is 1. The standard InChI is InChI=1S/C15H21F2NO.C6H7N3O2/c1-4-12-8-11(2)10-18(12)13-6-5-7-14(9-13)19-15(3,16)17;1-4-7-2-5(3-8-4)6(10)9-11/h5-7,9,11-12H,4,8,10H2,1-3H3;2-3,11H,1H3,(H,9,10). The zero-order valence-corrected chi connectivity index (χ0v) is 17.6. The smallest absolute Gasteiger partial charge is 0.394 e. The number of halogens is 2. The van der Waals surface area contributed by atoms with Gasteiger partial charge in [-0.05, 0) is 37.8 Å². The Labute approximate surface area is 175 Å². The summed E-state index contributed by atoms with van der Waals surface area (Å²) in [6.45, 7) is 7.83. The van der Waals surface area contributed by atoms with Gasteiger partial charge >= 0.3 is 6.11 Å². The quantitative estimate of drug-likeness (QED) is 0.555. The monoisotopic (exact) mass is 422 g/mol. The van der Waals surface area contributed by atoms with Gasteiger partial charge in [0.05, 0.1) is 5.56 Å². The van der Waals surface area contributed by atoms with Gasteiger partial charge in [-0.1, -0.05) is 19.9 Å². The van der Waals surface area contributed by atoms with Crippen molar-refractivity contribution in [1.29, 1.82) is 0 Å². The highest BCUT2D eigenvalue weighted by molar-refractivity contribution is 5.92. The van der Waals surface area contributed by atoms with Gasteiger partial charge in [0.15, 0.2) is 0 Å². The van der Waals surface area contributed by atoms with E-state index in [1.165, 1.54) is 17.9 Å². The van der Waals surface area contributed by atoms with E-state index in [0.717, 1.165) is 32.0 Å². The summed E-state index contributed by atoms with van der Waals surface area (Å²) < 4.78 is 30.4. The molecule has 1 aromatic carbocycles.